The summed E-state index contributed by atoms with van der Waals surface area (Å²) in [6.45, 7) is 14.4. The third kappa shape index (κ3) is 10.2. The molecule has 1 aliphatic carbocycles. The van der Waals surface area contributed by atoms with Gasteiger partial charge in [-0.15, -0.1) is 0 Å². The maximum atomic E-state index is 12.2. The van der Waals surface area contributed by atoms with E-state index in [4.69, 9.17) is 14.8 Å². The number of nitriles is 1. The standard InChI is InChI=1S/C15H27NO2.C12H8N4OS.C2H2F3NO/c1-11-9-16(10-14(11,3)4)13(17)8-12(2)18-15(5)6-7-15;1-2-3-9-12-8(10(4-13)15-7-17)5-14-6-11(12)18-16-9;3-2(4,5)1(6)7/h11-12H,6-10H2,1-5H3;5-7,10H,1H3,(H,15,17);(H2,6,7)/t11?,12-;;/m1../s1. The Morgan fingerprint density at radius 1 is 1.33 bits per heavy atom. The van der Waals surface area contributed by atoms with Crippen LogP contribution in [0.2, 0.25) is 0 Å². The van der Waals surface area contributed by atoms with Crippen LogP contribution in [0.4, 0.5) is 13.2 Å². The van der Waals surface area contributed by atoms with Crippen molar-refractivity contribution in [1.29, 1.82) is 5.26 Å². The molecule has 0 radical (unpaired) electrons. The molecule has 0 aromatic carbocycles. The fourth-order valence-electron chi connectivity index (χ4n) is 4.28. The number of fused-ring (bicyclic) bond motifs is 1. The molecule has 3 atom stereocenters. The van der Waals surface area contributed by atoms with E-state index in [2.05, 4.69) is 59.9 Å². The van der Waals surface area contributed by atoms with Gasteiger partial charge in [-0.05, 0) is 62.4 Å². The Balaban J connectivity index is 0.000000247. The number of nitrogens with one attached hydrogen (secondary N) is 1. The van der Waals surface area contributed by atoms with E-state index >= 15 is 0 Å². The zero-order chi connectivity index (χ0) is 32.6. The topological polar surface area (TPSA) is 151 Å². The zero-order valence-corrected chi connectivity index (χ0v) is 25.9. The van der Waals surface area contributed by atoms with E-state index in [0.717, 1.165) is 36.0 Å². The summed E-state index contributed by atoms with van der Waals surface area (Å²) in [5, 5.41) is 12.3. The lowest BCUT2D eigenvalue weighted by Crippen LogP contribution is -2.33. The quantitative estimate of drug-likeness (QED) is 0.346. The average molecular weight is 623 g/mol. The van der Waals surface area contributed by atoms with E-state index in [-0.39, 0.29) is 23.0 Å². The molecular formula is C29H37F3N6O4S. The number of hydrogen-bond acceptors (Lipinski definition) is 8. The van der Waals surface area contributed by atoms with E-state index < -0.39 is 18.1 Å². The number of nitrogens with zero attached hydrogens (tertiary/aromatic N) is 4. The number of aromatic nitrogens is 2. The fourth-order valence-corrected chi connectivity index (χ4v) is 5.02. The van der Waals surface area contributed by atoms with Gasteiger partial charge in [0.2, 0.25) is 12.3 Å². The molecule has 0 spiro atoms. The van der Waals surface area contributed by atoms with Crippen molar-refractivity contribution in [2.24, 2.45) is 17.1 Å². The molecule has 2 aromatic heterocycles. The first-order valence-electron chi connectivity index (χ1n) is 13.6. The molecule has 2 unspecified atom stereocenters. The molecule has 14 heteroatoms. The normalized spacial score (nSPS) is 19.2. The number of alkyl halides is 3. The van der Waals surface area contributed by atoms with E-state index in [1.807, 2.05) is 17.9 Å². The van der Waals surface area contributed by atoms with Crippen molar-refractivity contribution in [2.75, 3.05) is 13.1 Å². The van der Waals surface area contributed by atoms with Crippen molar-refractivity contribution in [1.82, 2.24) is 19.6 Å². The number of carbonyl (C=O) groups excluding carboxylic acids is 3. The van der Waals surface area contributed by atoms with Crippen molar-refractivity contribution in [3.8, 4) is 17.9 Å². The lowest BCUT2D eigenvalue weighted by Gasteiger charge is -2.23. The van der Waals surface area contributed by atoms with Crippen LogP contribution < -0.4 is 11.1 Å². The van der Waals surface area contributed by atoms with Gasteiger partial charge < -0.3 is 20.7 Å². The molecule has 10 nitrogen and oxygen atoms in total. The molecule has 1 saturated carbocycles. The maximum absolute atomic E-state index is 12.2. The van der Waals surface area contributed by atoms with Crippen LogP contribution in [0.15, 0.2) is 12.4 Å². The van der Waals surface area contributed by atoms with Gasteiger partial charge in [-0.3, -0.25) is 19.4 Å². The number of halogens is 3. The van der Waals surface area contributed by atoms with Crippen LogP contribution >= 0.6 is 11.5 Å². The van der Waals surface area contributed by atoms with Crippen LogP contribution in [-0.2, 0) is 19.1 Å². The molecule has 2 fully saturated rings. The summed E-state index contributed by atoms with van der Waals surface area (Å²) in [6.07, 6.45) is 1.72. The van der Waals surface area contributed by atoms with Crippen molar-refractivity contribution < 1.29 is 32.3 Å². The first-order chi connectivity index (χ1) is 20.0. The van der Waals surface area contributed by atoms with E-state index in [9.17, 15) is 22.8 Å². The summed E-state index contributed by atoms with van der Waals surface area (Å²) in [5.41, 5.74) is 5.36. The largest absolute Gasteiger partial charge is 0.470 e. The lowest BCUT2D eigenvalue weighted by atomic mass is 9.84. The molecular weight excluding hydrogens is 585 g/mol. The molecule has 4 rings (SSSR count). The van der Waals surface area contributed by atoms with Gasteiger partial charge in [-0.1, -0.05) is 26.7 Å². The Morgan fingerprint density at radius 3 is 2.42 bits per heavy atom. The molecule has 0 bridgehead atoms. The maximum Gasteiger partial charge on any atom is 0.470 e. The third-order valence-electron chi connectivity index (χ3n) is 7.29. The molecule has 234 valence electrons. The molecule has 1 aliphatic heterocycles. The Bertz CT molecular complexity index is 1400. The van der Waals surface area contributed by atoms with E-state index in [1.54, 1.807) is 19.3 Å². The van der Waals surface area contributed by atoms with Gasteiger partial charge in [0.05, 0.1) is 28.9 Å². The highest BCUT2D eigenvalue weighted by molar-refractivity contribution is 7.13. The molecule has 2 aromatic rings. The number of likely N-dealkylation sites (tertiary alicyclic amines) is 1. The number of primary amides is 1. The highest BCUT2D eigenvalue weighted by Gasteiger charge is 2.42. The fraction of sp³-hybridized carbons (Fsp3) is 0.586. The van der Waals surface area contributed by atoms with Crippen LogP contribution in [0, 0.1) is 34.5 Å². The Hall–Kier alpha value is -3.75. The second-order valence-electron chi connectivity index (χ2n) is 11.5. The van der Waals surface area contributed by atoms with Gasteiger partial charge >= 0.3 is 12.1 Å². The lowest BCUT2D eigenvalue weighted by molar-refractivity contribution is -0.169. The van der Waals surface area contributed by atoms with Crippen LogP contribution in [0.5, 0.6) is 0 Å². The predicted octanol–water partition coefficient (Wildman–Crippen LogP) is 4.25. The average Bonchev–Trinajstić information content (AvgIpc) is 3.37. The minimum atomic E-state index is -4.86. The van der Waals surface area contributed by atoms with E-state index in [1.165, 1.54) is 11.5 Å². The molecule has 3 N–H and O–H groups in total. The SMILES string of the molecule is CC#Cc1nsc2cncc(C(C#N)NC=O)c12.CC1CN(C(=O)C[C@@H](C)OC2(C)CC2)CC1(C)C.NC(=O)C(F)(F)F. The number of ether oxygens (including phenoxy) is 1. The Morgan fingerprint density at radius 2 is 1.95 bits per heavy atom. The number of rotatable bonds is 7. The summed E-state index contributed by atoms with van der Waals surface area (Å²) in [6, 6.07) is 1.27. The zero-order valence-electron chi connectivity index (χ0n) is 25.0. The Kier molecular flexibility index (Phi) is 12.1. The number of carbonyl (C=O) groups is 3. The summed E-state index contributed by atoms with van der Waals surface area (Å²) in [4.78, 5) is 37.9. The van der Waals surface area contributed by atoms with Gasteiger partial charge in [0, 0.05) is 36.4 Å². The second kappa shape index (κ2) is 14.6. The predicted molar refractivity (Wildman–Crippen MR) is 155 cm³/mol. The Labute approximate surface area is 253 Å². The third-order valence-corrected chi connectivity index (χ3v) is 8.07. The smallest absolute Gasteiger partial charge is 0.372 e. The second-order valence-corrected chi connectivity index (χ2v) is 12.3. The molecule has 1 saturated heterocycles. The number of pyridine rings is 1. The summed E-state index contributed by atoms with van der Waals surface area (Å²) in [5.74, 6) is 4.25. The molecule has 43 heavy (non-hydrogen) atoms. The summed E-state index contributed by atoms with van der Waals surface area (Å²) < 4.78 is 43.1. The highest BCUT2D eigenvalue weighted by Crippen LogP contribution is 2.40. The van der Waals surface area contributed by atoms with Crippen molar-refractivity contribution >= 4 is 39.8 Å². The van der Waals surface area contributed by atoms with Crippen molar-refractivity contribution in [2.45, 2.75) is 84.7 Å². The van der Waals surface area contributed by atoms with Gasteiger partial charge in [-0.2, -0.15) is 22.8 Å². The number of amides is 3. The van der Waals surface area contributed by atoms with Crippen LogP contribution in [-0.4, -0.2) is 63.5 Å². The minimum Gasteiger partial charge on any atom is -0.372 e. The monoisotopic (exact) mass is 622 g/mol. The number of nitrogens with two attached hydrogens (primary N) is 1. The van der Waals surface area contributed by atoms with Gasteiger partial charge in [-0.25, -0.2) is 0 Å². The van der Waals surface area contributed by atoms with Gasteiger partial charge in [0.15, 0.2) is 0 Å². The van der Waals surface area contributed by atoms with Crippen LogP contribution in [0.3, 0.4) is 0 Å². The van der Waals surface area contributed by atoms with Crippen molar-refractivity contribution in [3.05, 3.63) is 23.7 Å². The first-order valence-corrected chi connectivity index (χ1v) is 14.3. The number of hydrogen-bond donors (Lipinski definition) is 2. The van der Waals surface area contributed by atoms with Crippen molar-refractivity contribution in [3.63, 3.8) is 0 Å². The first kappa shape index (κ1) is 35.4. The van der Waals surface area contributed by atoms with Gasteiger partial charge in [0.25, 0.3) is 0 Å². The van der Waals surface area contributed by atoms with Crippen LogP contribution in [0.1, 0.15) is 78.1 Å². The molecule has 2 aliphatic rings. The van der Waals surface area contributed by atoms with Gasteiger partial charge in [0.1, 0.15) is 11.7 Å². The minimum absolute atomic E-state index is 0.0454. The van der Waals surface area contributed by atoms with Crippen LogP contribution in [0.25, 0.3) is 10.1 Å². The molecule has 3 heterocycles. The summed E-state index contributed by atoms with van der Waals surface area (Å²) in [7, 11) is 0. The molecule has 3 amide bonds. The summed E-state index contributed by atoms with van der Waals surface area (Å²) >= 11 is 1.27. The highest BCUT2D eigenvalue weighted by atomic mass is 32.1. The van der Waals surface area contributed by atoms with E-state index in [0.29, 0.717) is 30.0 Å².